The molecular formula is C46H71N5O6. The molecule has 11 nitrogen and oxygen atoms in total. The molecule has 11 heteroatoms. The highest BCUT2D eigenvalue weighted by Crippen LogP contribution is 2.27. The molecule has 316 valence electrons. The number of methoxy groups -OCH3 is 1. The van der Waals surface area contributed by atoms with Gasteiger partial charge in [0.05, 0.1) is 24.1 Å². The summed E-state index contributed by atoms with van der Waals surface area (Å²) in [6.45, 7) is 14.7. The number of likely N-dealkylation sites (N-methyl/N-ethyl adjacent to an activating group) is 2. The number of hydrogen-bond acceptors (Lipinski definition) is 8. The summed E-state index contributed by atoms with van der Waals surface area (Å²) in [6, 6.07) is 18.5. The molecule has 0 radical (unpaired) electrons. The fourth-order valence-electron chi connectivity index (χ4n) is 7.90. The number of rotatable bonds is 23. The molecule has 1 aliphatic heterocycles. The molecule has 1 saturated heterocycles. The first-order valence-electron chi connectivity index (χ1n) is 21.0. The zero-order chi connectivity index (χ0) is 42.1. The van der Waals surface area contributed by atoms with E-state index in [9.17, 15) is 19.2 Å². The van der Waals surface area contributed by atoms with Crippen molar-refractivity contribution in [2.75, 3.05) is 34.5 Å². The van der Waals surface area contributed by atoms with Crippen LogP contribution in [0, 0.1) is 23.7 Å². The average Bonchev–Trinajstić information content (AvgIpc) is 3.66. The van der Waals surface area contributed by atoms with Crippen LogP contribution in [0.4, 0.5) is 0 Å². The van der Waals surface area contributed by atoms with Crippen molar-refractivity contribution >= 4 is 29.8 Å². The second-order valence-electron chi connectivity index (χ2n) is 16.4. The van der Waals surface area contributed by atoms with E-state index in [1.54, 1.807) is 26.1 Å². The standard InChI is InChI=1S/C46H71N5O6/c1-11-33(6)38(50(9)46(55)42(32(4)5)49-45(54)41(47-8)31(2)3)26-27-40(52)57-30-51-28-18-23-39(51)43(56-10)34(7)44(53)48-37(29-36-21-16-13-17-22-36)25-24-35-19-14-12-15-20-35/h12-17,19-22,24-25,31-34,37-39,41-43,47H,11,18,23,26-30H2,1-10H3,(H,48,53)(H,49,54)/b25-24+/t33-,34+,37+,38-,39-,41-,42-,43+/m0/s1. The van der Waals surface area contributed by atoms with E-state index >= 15 is 0 Å². The van der Waals surface area contributed by atoms with Crippen molar-refractivity contribution in [3.8, 4) is 0 Å². The van der Waals surface area contributed by atoms with E-state index < -0.39 is 24.1 Å². The van der Waals surface area contributed by atoms with E-state index in [4.69, 9.17) is 9.47 Å². The summed E-state index contributed by atoms with van der Waals surface area (Å²) in [7, 11) is 5.15. The van der Waals surface area contributed by atoms with Crippen LogP contribution in [0.1, 0.15) is 91.7 Å². The lowest BCUT2D eigenvalue weighted by Crippen LogP contribution is -2.57. The number of benzene rings is 2. The van der Waals surface area contributed by atoms with Crippen LogP contribution in [0.15, 0.2) is 66.7 Å². The van der Waals surface area contributed by atoms with E-state index in [2.05, 4.69) is 46.8 Å². The van der Waals surface area contributed by atoms with E-state index in [1.165, 1.54) is 0 Å². The van der Waals surface area contributed by atoms with E-state index in [0.29, 0.717) is 12.8 Å². The monoisotopic (exact) mass is 790 g/mol. The third-order valence-corrected chi connectivity index (χ3v) is 11.6. The summed E-state index contributed by atoms with van der Waals surface area (Å²) in [5.74, 6) is -1.21. The molecule has 3 amide bonds. The molecular weight excluding hydrogens is 719 g/mol. The summed E-state index contributed by atoms with van der Waals surface area (Å²) in [4.78, 5) is 57.9. The second-order valence-corrected chi connectivity index (χ2v) is 16.4. The van der Waals surface area contributed by atoms with Gasteiger partial charge >= 0.3 is 5.97 Å². The van der Waals surface area contributed by atoms with Gasteiger partial charge in [0, 0.05) is 39.2 Å². The smallest absolute Gasteiger partial charge is 0.307 e. The second kappa shape index (κ2) is 24.0. The fraction of sp³-hybridized carbons (Fsp3) is 0.609. The predicted octanol–water partition coefficient (Wildman–Crippen LogP) is 6.08. The van der Waals surface area contributed by atoms with Crippen molar-refractivity contribution in [1.29, 1.82) is 0 Å². The van der Waals surface area contributed by atoms with E-state index in [0.717, 1.165) is 36.9 Å². The van der Waals surface area contributed by atoms with Crippen LogP contribution < -0.4 is 16.0 Å². The van der Waals surface area contributed by atoms with Crippen LogP contribution in [-0.4, -0.2) is 104 Å². The SMILES string of the molecule is CC[C@H](C)[C@H](CCC(=O)OCN1CCC[C@H]1[C@H](OC)[C@@H](C)C(=O)N[C@H](/C=C/c1ccccc1)Cc1ccccc1)N(C)C(=O)[C@@H](NC(=O)[C@@H](NC)C(C)C)C(C)C. The first-order chi connectivity index (χ1) is 27.2. The van der Waals surface area contributed by atoms with Gasteiger partial charge in [0.15, 0.2) is 0 Å². The van der Waals surface area contributed by atoms with Crippen molar-refractivity contribution in [2.24, 2.45) is 23.7 Å². The largest absolute Gasteiger partial charge is 0.449 e. The van der Waals surface area contributed by atoms with Crippen LogP contribution in [0.2, 0.25) is 0 Å². The lowest BCUT2D eigenvalue weighted by atomic mass is 9.92. The lowest BCUT2D eigenvalue weighted by molar-refractivity contribution is -0.152. The van der Waals surface area contributed by atoms with Gasteiger partial charge in [-0.25, -0.2) is 0 Å². The molecule has 0 aliphatic carbocycles. The fourth-order valence-corrected chi connectivity index (χ4v) is 7.90. The zero-order valence-corrected chi connectivity index (χ0v) is 36.2. The molecule has 1 aliphatic rings. The van der Waals surface area contributed by atoms with Crippen LogP contribution in [0.25, 0.3) is 6.08 Å². The first-order valence-corrected chi connectivity index (χ1v) is 21.0. The molecule has 0 aromatic heterocycles. The number of esters is 1. The molecule has 2 aromatic carbocycles. The summed E-state index contributed by atoms with van der Waals surface area (Å²) in [5, 5.41) is 9.32. The Morgan fingerprint density at radius 3 is 2.11 bits per heavy atom. The van der Waals surface area contributed by atoms with Gasteiger partial charge < -0.3 is 30.3 Å². The Morgan fingerprint density at radius 2 is 1.53 bits per heavy atom. The Balaban J connectivity index is 1.62. The number of amides is 3. The van der Waals surface area contributed by atoms with Crippen LogP contribution >= 0.6 is 0 Å². The molecule has 2 aromatic rings. The number of nitrogens with one attached hydrogen (secondary N) is 3. The van der Waals surface area contributed by atoms with Crippen molar-refractivity contribution in [3.63, 3.8) is 0 Å². The zero-order valence-electron chi connectivity index (χ0n) is 36.2. The molecule has 1 fully saturated rings. The van der Waals surface area contributed by atoms with Crippen molar-refractivity contribution in [2.45, 2.75) is 123 Å². The van der Waals surface area contributed by atoms with Crippen molar-refractivity contribution in [1.82, 2.24) is 25.8 Å². The number of likely N-dealkylation sites (tertiary alicyclic amines) is 1. The highest BCUT2D eigenvalue weighted by molar-refractivity contribution is 5.90. The van der Waals surface area contributed by atoms with Gasteiger partial charge in [0.1, 0.15) is 12.8 Å². The van der Waals surface area contributed by atoms with E-state index in [-0.39, 0.29) is 72.7 Å². The molecule has 0 spiro atoms. The highest BCUT2D eigenvalue weighted by Gasteiger charge is 2.39. The lowest BCUT2D eigenvalue weighted by Gasteiger charge is -2.36. The van der Waals surface area contributed by atoms with Gasteiger partial charge in [0.2, 0.25) is 17.7 Å². The summed E-state index contributed by atoms with van der Waals surface area (Å²) < 4.78 is 11.9. The number of hydrogen-bond donors (Lipinski definition) is 3. The number of ether oxygens (including phenoxy) is 2. The van der Waals surface area contributed by atoms with Gasteiger partial charge in [-0.05, 0) is 61.6 Å². The van der Waals surface area contributed by atoms with Crippen molar-refractivity contribution in [3.05, 3.63) is 77.9 Å². The summed E-state index contributed by atoms with van der Waals surface area (Å²) in [5.41, 5.74) is 2.19. The Bertz CT molecular complexity index is 1550. The maximum Gasteiger partial charge on any atom is 0.307 e. The normalized spacial score (nSPS) is 18.4. The maximum atomic E-state index is 13.9. The van der Waals surface area contributed by atoms with Gasteiger partial charge in [-0.15, -0.1) is 0 Å². The maximum absolute atomic E-state index is 13.9. The quantitative estimate of drug-likeness (QED) is 0.116. The van der Waals surface area contributed by atoms with Crippen LogP contribution in [-0.2, 0) is 35.1 Å². The number of carbonyl (C=O) groups is 4. The third-order valence-electron chi connectivity index (χ3n) is 11.6. The predicted molar refractivity (Wildman–Crippen MR) is 228 cm³/mol. The minimum Gasteiger partial charge on any atom is -0.449 e. The average molecular weight is 790 g/mol. The van der Waals surface area contributed by atoms with Gasteiger partial charge in [-0.3, -0.25) is 24.1 Å². The van der Waals surface area contributed by atoms with Crippen LogP contribution in [0.3, 0.4) is 0 Å². The molecule has 8 atom stereocenters. The third kappa shape index (κ3) is 14.4. The molecule has 0 unspecified atom stereocenters. The molecule has 3 rings (SSSR count). The molecule has 3 N–H and O–H groups in total. The van der Waals surface area contributed by atoms with Crippen LogP contribution in [0.5, 0.6) is 0 Å². The first kappa shape index (κ1) is 47.3. The highest BCUT2D eigenvalue weighted by atomic mass is 16.5. The molecule has 57 heavy (non-hydrogen) atoms. The van der Waals surface area contributed by atoms with Gasteiger partial charge in [-0.1, -0.05) is 128 Å². The topological polar surface area (TPSA) is 129 Å². The number of carbonyl (C=O) groups excluding carboxylic acids is 4. The Labute approximate surface area is 342 Å². The molecule has 0 bridgehead atoms. The molecule has 1 heterocycles. The molecule has 0 saturated carbocycles. The number of nitrogens with zero attached hydrogens (tertiary/aromatic N) is 2. The Morgan fingerprint density at radius 1 is 0.895 bits per heavy atom. The minimum atomic E-state index is -0.693. The Hall–Kier alpha value is -4.06. The minimum absolute atomic E-state index is 0.0598. The van der Waals surface area contributed by atoms with Crippen molar-refractivity contribution < 1.29 is 28.7 Å². The summed E-state index contributed by atoms with van der Waals surface area (Å²) >= 11 is 0. The van der Waals surface area contributed by atoms with Gasteiger partial charge in [0.25, 0.3) is 0 Å². The Kier molecular flexibility index (Phi) is 19.9. The summed E-state index contributed by atoms with van der Waals surface area (Å²) in [6.07, 6.45) is 7.44. The van der Waals surface area contributed by atoms with Gasteiger partial charge in [-0.2, -0.15) is 0 Å². The van der Waals surface area contributed by atoms with E-state index in [1.807, 2.05) is 95.3 Å².